The predicted octanol–water partition coefficient (Wildman–Crippen LogP) is 13.1. The van der Waals surface area contributed by atoms with Gasteiger partial charge in [0, 0.05) is 26.5 Å². The summed E-state index contributed by atoms with van der Waals surface area (Å²) in [6.45, 7) is 0. The van der Waals surface area contributed by atoms with E-state index in [1.165, 1.54) is 59.5 Å². The summed E-state index contributed by atoms with van der Waals surface area (Å²) in [4.78, 5) is 13.0. The summed E-state index contributed by atoms with van der Waals surface area (Å²) in [5.74, 6) is 0.711. The van der Waals surface area contributed by atoms with Gasteiger partial charge in [-0.15, -0.1) is 0 Å². The van der Waals surface area contributed by atoms with Gasteiger partial charge in [0.25, 0.3) is 0 Å². The van der Waals surface area contributed by atoms with Crippen LogP contribution in [-0.2, 0) is 5.41 Å². The molecule has 0 bridgehead atoms. The summed E-state index contributed by atoms with van der Waals surface area (Å²) in [5, 5.41) is 2.37. The normalized spacial score (nSPS) is 13.3. The van der Waals surface area contributed by atoms with Gasteiger partial charge < -0.3 is 0 Å². The maximum Gasteiger partial charge on any atom is 0.160 e. The Kier molecular flexibility index (Phi) is 7.05. The van der Waals surface area contributed by atoms with Crippen molar-refractivity contribution in [3.63, 3.8) is 0 Å². The maximum atomic E-state index is 5.21. The first kappa shape index (κ1) is 31.0. The number of nitrogens with zero attached hydrogens (tertiary/aromatic N) is 2. The van der Waals surface area contributed by atoms with Gasteiger partial charge >= 0.3 is 0 Å². The van der Waals surface area contributed by atoms with Crippen LogP contribution in [0.25, 0.3) is 66.9 Å². The molecule has 1 spiro atoms. The van der Waals surface area contributed by atoms with Crippen LogP contribution in [0.4, 0.5) is 0 Å². The first-order valence-corrected chi connectivity index (χ1v) is 19.2. The third-order valence-electron chi connectivity index (χ3n) is 11.2. The molecule has 0 unspecified atom stereocenters. The van der Waals surface area contributed by atoms with E-state index in [2.05, 4.69) is 188 Å². The first-order chi connectivity index (χ1) is 26.8. The average Bonchev–Trinajstić information content (AvgIpc) is 3.54. The minimum absolute atomic E-state index is 0.399. The van der Waals surface area contributed by atoms with Crippen molar-refractivity contribution in [3.05, 3.63) is 216 Å². The Balaban J connectivity index is 1.05. The maximum absolute atomic E-state index is 5.21. The number of aromatic nitrogens is 2. The Labute approximate surface area is 318 Å². The molecule has 8 aromatic carbocycles. The van der Waals surface area contributed by atoms with Crippen molar-refractivity contribution >= 4 is 22.5 Å². The number of hydrogen-bond donors (Lipinski definition) is 0. The van der Waals surface area contributed by atoms with Crippen LogP contribution in [0.3, 0.4) is 0 Å². The highest BCUT2D eigenvalue weighted by Crippen LogP contribution is 2.62. The molecule has 3 heteroatoms. The molecule has 0 atom stereocenters. The van der Waals surface area contributed by atoms with Gasteiger partial charge in [-0.25, -0.2) is 9.97 Å². The van der Waals surface area contributed by atoms with Crippen LogP contribution in [0.2, 0.25) is 0 Å². The monoisotopic (exact) mass is 704 g/mol. The molecule has 2 aliphatic rings. The van der Waals surface area contributed by atoms with Gasteiger partial charge in [0.2, 0.25) is 0 Å². The van der Waals surface area contributed by atoms with E-state index in [4.69, 9.17) is 9.97 Å². The van der Waals surface area contributed by atoms with Gasteiger partial charge in [-0.3, -0.25) is 0 Å². The van der Waals surface area contributed by atoms with E-state index in [1.54, 1.807) is 0 Å². The Morgan fingerprint density at radius 2 is 0.926 bits per heavy atom. The molecule has 0 amide bonds. The van der Waals surface area contributed by atoms with E-state index in [1.807, 2.05) is 17.8 Å². The van der Waals surface area contributed by atoms with E-state index >= 15 is 0 Å². The van der Waals surface area contributed by atoms with Gasteiger partial charge in [-0.05, 0) is 79.5 Å². The van der Waals surface area contributed by atoms with Gasteiger partial charge in [0.05, 0.1) is 16.8 Å². The lowest BCUT2D eigenvalue weighted by Crippen LogP contribution is -2.32. The van der Waals surface area contributed by atoms with Crippen molar-refractivity contribution in [3.8, 4) is 56.2 Å². The summed E-state index contributed by atoms with van der Waals surface area (Å²) in [5.41, 5.74) is 14.9. The molecule has 1 aliphatic carbocycles. The molecule has 9 aromatic rings. The number of fused-ring (bicyclic) bond motifs is 10. The molecule has 252 valence electrons. The molecular formula is C51H32N2S. The van der Waals surface area contributed by atoms with E-state index in [0.717, 1.165) is 33.6 Å². The fourth-order valence-corrected chi connectivity index (χ4v) is 9.94. The minimum atomic E-state index is -0.399. The zero-order valence-electron chi connectivity index (χ0n) is 29.3. The molecule has 0 radical (unpaired) electrons. The predicted molar refractivity (Wildman–Crippen MR) is 223 cm³/mol. The summed E-state index contributed by atoms with van der Waals surface area (Å²) in [6, 6.07) is 70.2. The van der Waals surface area contributed by atoms with Crippen molar-refractivity contribution in [2.75, 3.05) is 0 Å². The van der Waals surface area contributed by atoms with Crippen molar-refractivity contribution in [1.82, 2.24) is 9.97 Å². The van der Waals surface area contributed by atoms with Crippen molar-refractivity contribution in [2.24, 2.45) is 0 Å². The van der Waals surface area contributed by atoms with Crippen LogP contribution in [0.5, 0.6) is 0 Å². The number of hydrogen-bond acceptors (Lipinski definition) is 3. The van der Waals surface area contributed by atoms with Crippen molar-refractivity contribution < 1.29 is 0 Å². The lowest BCUT2D eigenvalue weighted by molar-refractivity contribution is 0.723. The second kappa shape index (κ2) is 12.3. The number of benzene rings is 8. The highest BCUT2D eigenvalue weighted by molar-refractivity contribution is 7.99. The second-order valence-corrected chi connectivity index (χ2v) is 15.2. The smallest absolute Gasteiger partial charge is 0.160 e. The number of rotatable bonds is 4. The Morgan fingerprint density at radius 3 is 1.72 bits per heavy atom. The van der Waals surface area contributed by atoms with Crippen molar-refractivity contribution in [2.45, 2.75) is 15.2 Å². The molecule has 2 nitrogen and oxygen atoms in total. The van der Waals surface area contributed by atoms with E-state index in [0.29, 0.717) is 5.82 Å². The molecule has 1 aromatic heterocycles. The van der Waals surface area contributed by atoms with Gasteiger partial charge in [-0.2, -0.15) is 0 Å². The van der Waals surface area contributed by atoms with E-state index < -0.39 is 5.41 Å². The summed E-state index contributed by atoms with van der Waals surface area (Å²) >= 11 is 1.88. The Bertz CT molecular complexity index is 2860. The lowest BCUT2D eigenvalue weighted by atomic mass is 9.67. The molecule has 0 saturated carbocycles. The summed E-state index contributed by atoms with van der Waals surface area (Å²) in [7, 11) is 0. The average molecular weight is 705 g/mol. The zero-order chi connectivity index (χ0) is 35.6. The zero-order valence-corrected chi connectivity index (χ0v) is 30.1. The summed E-state index contributed by atoms with van der Waals surface area (Å²) < 4.78 is 0. The molecule has 1 aliphatic heterocycles. The van der Waals surface area contributed by atoms with Gasteiger partial charge in [-0.1, -0.05) is 182 Å². The first-order valence-electron chi connectivity index (χ1n) is 18.4. The van der Waals surface area contributed by atoms with E-state index in [9.17, 15) is 0 Å². The molecule has 2 heterocycles. The van der Waals surface area contributed by atoms with Crippen LogP contribution in [0.15, 0.2) is 204 Å². The third-order valence-corrected chi connectivity index (χ3v) is 12.3. The molecule has 0 saturated heterocycles. The van der Waals surface area contributed by atoms with Crippen LogP contribution < -0.4 is 0 Å². The highest BCUT2D eigenvalue weighted by Gasteiger charge is 2.50. The Hall–Kier alpha value is -6.55. The van der Waals surface area contributed by atoms with Gasteiger partial charge in [0.1, 0.15) is 0 Å². The van der Waals surface area contributed by atoms with Crippen LogP contribution in [0, 0.1) is 0 Å². The topological polar surface area (TPSA) is 25.8 Å². The second-order valence-electron chi connectivity index (χ2n) is 14.1. The summed E-state index contributed by atoms with van der Waals surface area (Å²) in [6.07, 6.45) is 0. The molecule has 11 rings (SSSR count). The quantitative estimate of drug-likeness (QED) is 0.182. The minimum Gasteiger partial charge on any atom is -0.228 e. The van der Waals surface area contributed by atoms with E-state index in [-0.39, 0.29) is 0 Å². The standard InChI is InChI=1S/C51H32N2S/c1-2-14-35(15-3-1)46-32-47(41-20-12-16-34-13-4-5-17-38(34)41)53-50(52-46)36-27-25-33(26-28-36)37-29-30-49-45(31-37)51(44-23-10-11-24-48(44)54-49)42-21-8-6-18-39(42)40-19-7-9-22-43(40)51/h1-32H. The lowest BCUT2D eigenvalue weighted by Gasteiger charge is -2.40. The fourth-order valence-electron chi connectivity index (χ4n) is 8.77. The SMILES string of the molecule is c1ccc(-c2cc(-c3cccc4ccccc34)nc(-c3ccc(-c4ccc5c(c4)C4(c6ccccc6S5)c5ccccc5-c5ccccc54)cc3)n2)cc1. The highest BCUT2D eigenvalue weighted by atomic mass is 32.2. The molecule has 0 fully saturated rings. The Morgan fingerprint density at radius 1 is 0.352 bits per heavy atom. The molecule has 0 N–H and O–H groups in total. The van der Waals surface area contributed by atoms with Gasteiger partial charge in [0.15, 0.2) is 5.82 Å². The van der Waals surface area contributed by atoms with Crippen LogP contribution in [-0.4, -0.2) is 9.97 Å². The van der Waals surface area contributed by atoms with Crippen LogP contribution in [0.1, 0.15) is 22.3 Å². The molecule has 54 heavy (non-hydrogen) atoms. The largest absolute Gasteiger partial charge is 0.228 e. The molecular weight excluding hydrogens is 673 g/mol. The van der Waals surface area contributed by atoms with Crippen LogP contribution >= 0.6 is 11.8 Å². The third kappa shape index (κ3) is 4.68. The fraction of sp³-hybridized carbons (Fsp3) is 0.0196. The van der Waals surface area contributed by atoms with Crippen molar-refractivity contribution in [1.29, 1.82) is 0 Å².